The first-order valence-corrected chi connectivity index (χ1v) is 6.93. The summed E-state index contributed by atoms with van der Waals surface area (Å²) in [7, 11) is 0. The highest BCUT2D eigenvalue weighted by Crippen LogP contribution is 2.32. The molecule has 21 heavy (non-hydrogen) atoms. The number of halogens is 1. The van der Waals surface area contributed by atoms with E-state index in [4.69, 9.17) is 21.1 Å². The molecule has 2 aromatic rings. The van der Waals surface area contributed by atoms with Crippen molar-refractivity contribution in [1.82, 2.24) is 4.98 Å². The Hall–Kier alpha value is -2.27. The molecule has 5 nitrogen and oxygen atoms in total. The van der Waals surface area contributed by atoms with Crippen molar-refractivity contribution in [1.29, 1.82) is 0 Å². The fourth-order valence-electron chi connectivity index (χ4n) is 1.99. The number of fused-ring (bicyclic) bond motifs is 1. The Kier molecular flexibility index (Phi) is 3.92. The number of benzene rings is 1. The summed E-state index contributed by atoms with van der Waals surface area (Å²) in [5.74, 6) is 1.07. The first-order chi connectivity index (χ1) is 10.2. The number of nitrogens with one attached hydrogen (secondary N) is 1. The molecule has 1 aromatic carbocycles. The number of pyridine rings is 1. The minimum Gasteiger partial charge on any atom is -0.490 e. The minimum absolute atomic E-state index is 0.256. The van der Waals surface area contributed by atoms with Crippen LogP contribution in [0.3, 0.4) is 0 Å². The van der Waals surface area contributed by atoms with Crippen molar-refractivity contribution < 1.29 is 14.3 Å². The lowest BCUT2D eigenvalue weighted by Crippen LogP contribution is -2.12. The quantitative estimate of drug-likeness (QED) is 0.866. The molecule has 0 radical (unpaired) electrons. The molecule has 1 aromatic heterocycles. The van der Waals surface area contributed by atoms with E-state index in [1.807, 2.05) is 0 Å². The molecular formula is C15H13ClN2O3. The number of hydrogen-bond acceptors (Lipinski definition) is 4. The molecule has 108 valence electrons. The molecular weight excluding hydrogens is 292 g/mol. The number of ether oxygens (including phenoxy) is 2. The van der Waals surface area contributed by atoms with Gasteiger partial charge >= 0.3 is 0 Å². The zero-order chi connectivity index (χ0) is 14.7. The summed E-state index contributed by atoms with van der Waals surface area (Å²) in [5, 5.41) is 3.07. The summed E-state index contributed by atoms with van der Waals surface area (Å²) in [6.07, 6.45) is 2.33. The molecule has 0 unspecified atom stereocenters. The molecule has 0 aliphatic carbocycles. The van der Waals surface area contributed by atoms with Gasteiger partial charge in [-0.2, -0.15) is 0 Å². The van der Waals surface area contributed by atoms with Gasteiger partial charge in [-0.15, -0.1) is 0 Å². The number of aromatic nitrogens is 1. The van der Waals surface area contributed by atoms with Crippen LogP contribution in [-0.4, -0.2) is 24.1 Å². The predicted octanol–water partition coefficient (Wildman–Crippen LogP) is 3.15. The van der Waals surface area contributed by atoms with Crippen molar-refractivity contribution >= 4 is 23.2 Å². The van der Waals surface area contributed by atoms with Gasteiger partial charge in [0.1, 0.15) is 5.15 Å². The van der Waals surface area contributed by atoms with E-state index in [0.717, 1.165) is 6.42 Å². The maximum atomic E-state index is 12.1. The minimum atomic E-state index is -0.256. The van der Waals surface area contributed by atoms with Crippen LogP contribution in [0.25, 0.3) is 0 Å². The molecule has 0 saturated heterocycles. The number of carbonyl (C=O) groups is 1. The summed E-state index contributed by atoms with van der Waals surface area (Å²) in [4.78, 5) is 16.0. The Bertz CT molecular complexity index is 676. The third kappa shape index (κ3) is 3.25. The number of carbonyl (C=O) groups excluding carboxylic acids is 1. The van der Waals surface area contributed by atoms with Crippen molar-refractivity contribution in [3.8, 4) is 11.5 Å². The fraction of sp³-hybridized carbons (Fsp3) is 0.200. The molecule has 6 heteroatoms. The molecule has 0 atom stereocenters. The zero-order valence-corrected chi connectivity index (χ0v) is 11.9. The molecule has 1 aliphatic rings. The van der Waals surface area contributed by atoms with Crippen LogP contribution in [0.4, 0.5) is 5.69 Å². The van der Waals surface area contributed by atoms with Crippen molar-refractivity contribution in [2.24, 2.45) is 0 Å². The first kappa shape index (κ1) is 13.7. The van der Waals surface area contributed by atoms with E-state index in [1.54, 1.807) is 24.3 Å². The number of hydrogen-bond donors (Lipinski definition) is 1. The molecule has 1 aliphatic heterocycles. The van der Waals surface area contributed by atoms with E-state index in [2.05, 4.69) is 10.3 Å². The Morgan fingerprint density at radius 1 is 1.14 bits per heavy atom. The second-order valence-electron chi connectivity index (χ2n) is 4.53. The lowest BCUT2D eigenvalue weighted by atomic mass is 10.2. The van der Waals surface area contributed by atoms with Gasteiger partial charge in [-0.3, -0.25) is 4.79 Å². The summed E-state index contributed by atoms with van der Waals surface area (Å²) < 4.78 is 11.1. The normalized spacial score (nSPS) is 13.4. The SMILES string of the molecule is O=C(Nc1ccc2c(c1)OCCCO2)c1ccnc(Cl)c1. The maximum Gasteiger partial charge on any atom is 0.255 e. The van der Waals surface area contributed by atoms with Crippen molar-refractivity contribution in [2.45, 2.75) is 6.42 Å². The molecule has 0 saturated carbocycles. The number of anilines is 1. The van der Waals surface area contributed by atoms with Gasteiger partial charge < -0.3 is 14.8 Å². The number of nitrogens with zero attached hydrogens (tertiary/aromatic N) is 1. The van der Waals surface area contributed by atoms with E-state index in [9.17, 15) is 4.79 Å². The van der Waals surface area contributed by atoms with Crippen LogP contribution in [0.1, 0.15) is 16.8 Å². The van der Waals surface area contributed by atoms with Crippen LogP contribution in [0.15, 0.2) is 36.5 Å². The largest absolute Gasteiger partial charge is 0.490 e. The molecule has 3 rings (SSSR count). The third-order valence-electron chi connectivity index (χ3n) is 2.99. The highest BCUT2D eigenvalue weighted by molar-refractivity contribution is 6.29. The lowest BCUT2D eigenvalue weighted by molar-refractivity contribution is 0.102. The Morgan fingerprint density at radius 3 is 2.76 bits per heavy atom. The zero-order valence-electron chi connectivity index (χ0n) is 11.1. The second kappa shape index (κ2) is 6.01. The van der Waals surface area contributed by atoms with Gasteiger partial charge in [-0.1, -0.05) is 11.6 Å². The van der Waals surface area contributed by atoms with E-state index >= 15 is 0 Å². The molecule has 1 amide bonds. The van der Waals surface area contributed by atoms with E-state index < -0.39 is 0 Å². The smallest absolute Gasteiger partial charge is 0.255 e. The van der Waals surface area contributed by atoms with E-state index in [1.165, 1.54) is 12.3 Å². The summed E-state index contributed by atoms with van der Waals surface area (Å²) >= 11 is 5.78. The predicted molar refractivity (Wildman–Crippen MR) is 79.2 cm³/mol. The van der Waals surface area contributed by atoms with Gasteiger partial charge in [0.2, 0.25) is 0 Å². The Labute approximate surface area is 126 Å². The molecule has 0 bridgehead atoms. The Balaban J connectivity index is 1.79. The third-order valence-corrected chi connectivity index (χ3v) is 3.20. The van der Waals surface area contributed by atoms with Gasteiger partial charge in [0, 0.05) is 29.9 Å². The molecule has 0 spiro atoms. The highest BCUT2D eigenvalue weighted by atomic mass is 35.5. The van der Waals surface area contributed by atoms with Crippen LogP contribution < -0.4 is 14.8 Å². The summed E-state index contributed by atoms with van der Waals surface area (Å²) in [6.45, 7) is 1.23. The van der Waals surface area contributed by atoms with Gasteiger partial charge in [0.15, 0.2) is 11.5 Å². The van der Waals surface area contributed by atoms with E-state index in [0.29, 0.717) is 36.0 Å². The highest BCUT2D eigenvalue weighted by Gasteiger charge is 2.12. The fourth-order valence-corrected chi connectivity index (χ4v) is 2.16. The topological polar surface area (TPSA) is 60.5 Å². The standard InChI is InChI=1S/C15H13ClN2O3/c16-14-8-10(4-5-17-14)15(19)18-11-2-3-12-13(9-11)21-7-1-6-20-12/h2-5,8-9H,1,6-7H2,(H,18,19). The van der Waals surface area contributed by atoms with Crippen LogP contribution in [-0.2, 0) is 0 Å². The second-order valence-corrected chi connectivity index (χ2v) is 4.92. The van der Waals surface area contributed by atoms with Gasteiger partial charge in [-0.25, -0.2) is 4.98 Å². The van der Waals surface area contributed by atoms with Crippen molar-refractivity contribution in [3.63, 3.8) is 0 Å². The maximum absolute atomic E-state index is 12.1. The average Bonchev–Trinajstić information content (AvgIpc) is 2.72. The molecule has 1 N–H and O–H groups in total. The van der Waals surface area contributed by atoms with Gasteiger partial charge in [0.25, 0.3) is 5.91 Å². The lowest BCUT2D eigenvalue weighted by Gasteiger charge is -2.10. The Morgan fingerprint density at radius 2 is 1.95 bits per heavy atom. The monoisotopic (exact) mass is 304 g/mol. The van der Waals surface area contributed by atoms with Gasteiger partial charge in [-0.05, 0) is 24.3 Å². The molecule has 0 fully saturated rings. The van der Waals surface area contributed by atoms with Crippen molar-refractivity contribution in [2.75, 3.05) is 18.5 Å². The summed E-state index contributed by atoms with van der Waals surface area (Å²) in [5.41, 5.74) is 1.08. The van der Waals surface area contributed by atoms with Crippen LogP contribution in [0.2, 0.25) is 5.15 Å². The summed E-state index contributed by atoms with van der Waals surface area (Å²) in [6, 6.07) is 8.43. The first-order valence-electron chi connectivity index (χ1n) is 6.55. The van der Waals surface area contributed by atoms with Crippen LogP contribution >= 0.6 is 11.6 Å². The van der Waals surface area contributed by atoms with E-state index in [-0.39, 0.29) is 11.1 Å². The number of rotatable bonds is 2. The number of amides is 1. The van der Waals surface area contributed by atoms with Crippen molar-refractivity contribution in [3.05, 3.63) is 47.2 Å². The van der Waals surface area contributed by atoms with Crippen LogP contribution in [0, 0.1) is 0 Å². The molecule has 2 heterocycles. The van der Waals surface area contributed by atoms with Crippen LogP contribution in [0.5, 0.6) is 11.5 Å². The van der Waals surface area contributed by atoms with Gasteiger partial charge in [0.05, 0.1) is 13.2 Å². The average molecular weight is 305 g/mol.